The quantitative estimate of drug-likeness (QED) is 0.776. The molecule has 23 heavy (non-hydrogen) atoms. The van der Waals surface area contributed by atoms with E-state index in [-0.39, 0.29) is 11.6 Å². The predicted octanol–water partition coefficient (Wildman–Crippen LogP) is 2.30. The zero-order chi connectivity index (χ0) is 16.8. The second kappa shape index (κ2) is 7.20. The van der Waals surface area contributed by atoms with E-state index < -0.39 is 12.2 Å². The van der Waals surface area contributed by atoms with E-state index in [0.29, 0.717) is 13.0 Å². The summed E-state index contributed by atoms with van der Waals surface area (Å²) >= 11 is 0. The minimum absolute atomic E-state index is 0.223. The Balaban J connectivity index is 2.17. The molecule has 0 amide bonds. The van der Waals surface area contributed by atoms with Crippen molar-refractivity contribution < 1.29 is 4.74 Å². The van der Waals surface area contributed by atoms with E-state index >= 15 is 0 Å². The Hall–Kier alpha value is -3.17. The van der Waals surface area contributed by atoms with E-state index in [2.05, 4.69) is 12.1 Å². The van der Waals surface area contributed by atoms with Crippen molar-refractivity contribution in [1.82, 2.24) is 9.80 Å². The number of ether oxygens (including phenoxy) is 1. The summed E-state index contributed by atoms with van der Waals surface area (Å²) in [7, 11) is 0. The number of nitrogens with zero attached hydrogens (tertiary/aromatic N) is 5. The Bertz CT molecular complexity index is 707. The van der Waals surface area contributed by atoms with Crippen molar-refractivity contribution in [2.24, 2.45) is 0 Å². The normalized spacial score (nSPS) is 18.1. The molecule has 6 heteroatoms. The van der Waals surface area contributed by atoms with Crippen LogP contribution >= 0.6 is 0 Å². The number of benzene rings is 1. The van der Waals surface area contributed by atoms with Crippen LogP contribution in [0, 0.1) is 34.1 Å². The third-order valence-electron chi connectivity index (χ3n) is 3.75. The average molecular weight is 307 g/mol. The summed E-state index contributed by atoms with van der Waals surface area (Å²) in [6.07, 6.45) is 2.28. The number of nitriles is 3. The van der Waals surface area contributed by atoms with Crippen LogP contribution in [0.4, 0.5) is 0 Å². The molecule has 0 radical (unpaired) electrons. The molecule has 0 aromatic heterocycles. The first-order valence-electron chi connectivity index (χ1n) is 7.32. The zero-order valence-electron chi connectivity index (χ0n) is 13.1. The van der Waals surface area contributed by atoms with Gasteiger partial charge in [-0.05, 0) is 19.4 Å². The van der Waals surface area contributed by atoms with E-state index in [1.165, 1.54) is 4.90 Å². The fourth-order valence-corrected chi connectivity index (χ4v) is 2.57. The second-order valence-electron chi connectivity index (χ2n) is 5.16. The summed E-state index contributed by atoms with van der Waals surface area (Å²) in [4.78, 5) is 2.93. The molecule has 2 rings (SSSR count). The molecule has 1 aliphatic rings. The van der Waals surface area contributed by atoms with Gasteiger partial charge in [0, 0.05) is 6.42 Å². The fraction of sp³-hybridized carbons (Fsp3) is 0.353. The molecule has 0 spiro atoms. The molecule has 0 bridgehead atoms. The highest BCUT2D eigenvalue weighted by Crippen LogP contribution is 2.31. The third-order valence-corrected chi connectivity index (χ3v) is 3.75. The summed E-state index contributed by atoms with van der Waals surface area (Å²) in [5.74, 6) is 0.223. The van der Waals surface area contributed by atoms with Crippen LogP contribution in [0.1, 0.15) is 19.4 Å². The van der Waals surface area contributed by atoms with Gasteiger partial charge in [0.1, 0.15) is 18.3 Å². The standard InChI is InChI=1S/C17H17N5O/c1-13(10-18)22-14(2)21(12-20)17(16(22)11-19)23-9-8-15-6-4-3-5-7-15/h3-7,13-14H,8-9H2,1-2H3. The molecule has 2 atom stereocenters. The maximum Gasteiger partial charge on any atom is 0.240 e. The van der Waals surface area contributed by atoms with Gasteiger partial charge in [-0.2, -0.15) is 15.8 Å². The van der Waals surface area contributed by atoms with Crippen molar-refractivity contribution >= 4 is 0 Å². The smallest absolute Gasteiger partial charge is 0.240 e. The van der Waals surface area contributed by atoms with Gasteiger partial charge in [-0.1, -0.05) is 30.3 Å². The van der Waals surface area contributed by atoms with E-state index in [0.717, 1.165) is 5.56 Å². The Morgan fingerprint density at radius 2 is 1.91 bits per heavy atom. The highest BCUT2D eigenvalue weighted by molar-refractivity contribution is 5.32. The van der Waals surface area contributed by atoms with E-state index in [9.17, 15) is 10.5 Å². The maximum absolute atomic E-state index is 9.42. The zero-order valence-corrected chi connectivity index (χ0v) is 13.1. The lowest BCUT2D eigenvalue weighted by molar-refractivity contribution is 0.115. The maximum atomic E-state index is 9.42. The number of rotatable bonds is 5. The Morgan fingerprint density at radius 3 is 2.48 bits per heavy atom. The largest absolute Gasteiger partial charge is 0.476 e. The fourth-order valence-electron chi connectivity index (χ4n) is 2.57. The van der Waals surface area contributed by atoms with Crippen LogP contribution < -0.4 is 0 Å². The lowest BCUT2D eigenvalue weighted by Crippen LogP contribution is -2.40. The first-order chi connectivity index (χ1) is 11.1. The van der Waals surface area contributed by atoms with Gasteiger partial charge in [0.15, 0.2) is 11.9 Å². The summed E-state index contributed by atoms with van der Waals surface area (Å²) in [6, 6.07) is 13.5. The lowest BCUT2D eigenvalue weighted by Gasteiger charge is -2.27. The van der Waals surface area contributed by atoms with Gasteiger partial charge in [0.25, 0.3) is 0 Å². The van der Waals surface area contributed by atoms with Gasteiger partial charge in [-0.25, -0.2) is 4.90 Å². The molecule has 116 valence electrons. The first-order valence-corrected chi connectivity index (χ1v) is 7.32. The summed E-state index contributed by atoms with van der Waals surface area (Å²) in [5, 5.41) is 27.9. The SMILES string of the molecule is CC(C#N)N1C(C#N)=C(OCCc2ccccc2)N(C#N)C1C. The van der Waals surface area contributed by atoms with Crippen LogP contribution in [-0.4, -0.2) is 28.6 Å². The number of hydrogen-bond acceptors (Lipinski definition) is 6. The molecule has 1 aliphatic heterocycles. The van der Waals surface area contributed by atoms with Crippen LogP contribution in [0.3, 0.4) is 0 Å². The summed E-state index contributed by atoms with van der Waals surface area (Å²) in [6.45, 7) is 3.81. The lowest BCUT2D eigenvalue weighted by atomic mass is 10.2. The molecule has 1 heterocycles. The van der Waals surface area contributed by atoms with Gasteiger partial charge in [0.2, 0.25) is 5.88 Å². The summed E-state index contributed by atoms with van der Waals surface area (Å²) < 4.78 is 5.72. The van der Waals surface area contributed by atoms with Crippen LogP contribution in [0.2, 0.25) is 0 Å². The van der Waals surface area contributed by atoms with Crippen LogP contribution in [-0.2, 0) is 11.2 Å². The third kappa shape index (κ3) is 3.20. The van der Waals surface area contributed by atoms with Crippen LogP contribution in [0.25, 0.3) is 0 Å². The van der Waals surface area contributed by atoms with Crippen molar-refractivity contribution in [3.63, 3.8) is 0 Å². The van der Waals surface area contributed by atoms with Crippen LogP contribution in [0.15, 0.2) is 41.9 Å². The molecule has 0 saturated heterocycles. The summed E-state index contributed by atoms with van der Waals surface area (Å²) in [5.41, 5.74) is 1.34. The van der Waals surface area contributed by atoms with Crippen LogP contribution in [0.5, 0.6) is 0 Å². The molecule has 0 fully saturated rings. The predicted molar refractivity (Wildman–Crippen MR) is 82.6 cm³/mol. The minimum Gasteiger partial charge on any atom is -0.476 e. The van der Waals surface area contributed by atoms with E-state index in [1.807, 2.05) is 36.5 Å². The molecule has 0 saturated carbocycles. The van der Waals surface area contributed by atoms with Crippen molar-refractivity contribution in [3.8, 4) is 18.3 Å². The van der Waals surface area contributed by atoms with Gasteiger partial charge in [-0.3, -0.25) is 0 Å². The van der Waals surface area contributed by atoms with Gasteiger partial charge in [0.05, 0.1) is 12.7 Å². The first kappa shape index (κ1) is 16.2. The van der Waals surface area contributed by atoms with Crippen molar-refractivity contribution in [2.45, 2.75) is 32.5 Å². The number of hydrogen-bond donors (Lipinski definition) is 0. The molecular weight excluding hydrogens is 290 g/mol. The van der Waals surface area contributed by atoms with Crippen molar-refractivity contribution in [2.75, 3.05) is 6.61 Å². The highest BCUT2D eigenvalue weighted by atomic mass is 16.5. The molecule has 1 aromatic carbocycles. The number of allylic oxidation sites excluding steroid dienone is 1. The van der Waals surface area contributed by atoms with Crippen molar-refractivity contribution in [3.05, 3.63) is 47.5 Å². The van der Waals surface area contributed by atoms with Gasteiger partial charge < -0.3 is 9.64 Å². The Morgan fingerprint density at radius 1 is 1.22 bits per heavy atom. The van der Waals surface area contributed by atoms with Gasteiger partial charge >= 0.3 is 0 Å². The molecular formula is C17H17N5O. The minimum atomic E-state index is -0.522. The molecule has 0 aliphatic carbocycles. The Kier molecular flexibility index (Phi) is 5.07. The average Bonchev–Trinajstić information content (AvgIpc) is 2.86. The van der Waals surface area contributed by atoms with Gasteiger partial charge in [-0.15, -0.1) is 0 Å². The Labute approximate surface area is 136 Å². The molecule has 2 unspecified atom stereocenters. The highest BCUT2D eigenvalue weighted by Gasteiger charge is 2.40. The van der Waals surface area contributed by atoms with Crippen molar-refractivity contribution in [1.29, 1.82) is 15.8 Å². The second-order valence-corrected chi connectivity index (χ2v) is 5.16. The topological polar surface area (TPSA) is 87.1 Å². The van der Waals surface area contributed by atoms with E-state index in [1.54, 1.807) is 18.7 Å². The molecule has 1 aromatic rings. The molecule has 0 N–H and O–H groups in total. The molecule has 6 nitrogen and oxygen atoms in total. The monoisotopic (exact) mass is 307 g/mol. The van der Waals surface area contributed by atoms with E-state index in [4.69, 9.17) is 10.00 Å².